The number of methoxy groups -OCH3 is 1. The molecule has 0 unspecified atom stereocenters. The number of nitriles is 2. The number of hydrogen-bond donors (Lipinski definition) is 2. The van der Waals surface area contributed by atoms with E-state index in [1.165, 1.54) is 12.1 Å². The highest BCUT2D eigenvalue weighted by Gasteiger charge is 2.21. The van der Waals surface area contributed by atoms with Gasteiger partial charge >= 0.3 is 0 Å². The van der Waals surface area contributed by atoms with Crippen LogP contribution in [-0.4, -0.2) is 49.4 Å². The Hall–Kier alpha value is -9.93. The molecule has 4 aromatic heterocycles. The minimum absolute atomic E-state index is 0.316. The summed E-state index contributed by atoms with van der Waals surface area (Å²) in [6.07, 6.45) is 3.83. The van der Waals surface area contributed by atoms with Gasteiger partial charge in [0.05, 0.1) is 41.4 Å². The molecule has 5 heterocycles. The molecule has 6 aromatic carbocycles. The Morgan fingerprint density at radius 1 is 0.526 bits per heavy atom. The Morgan fingerprint density at radius 2 is 0.987 bits per heavy atom. The van der Waals surface area contributed by atoms with Gasteiger partial charge in [0.1, 0.15) is 47.3 Å². The summed E-state index contributed by atoms with van der Waals surface area (Å²) < 4.78 is 48.1. The van der Waals surface area contributed by atoms with Crippen molar-refractivity contribution < 1.29 is 28.1 Å². The van der Waals surface area contributed by atoms with Crippen LogP contribution in [0.2, 0.25) is 0 Å². The molecule has 0 saturated carbocycles. The van der Waals surface area contributed by atoms with Crippen molar-refractivity contribution in [3.63, 3.8) is 0 Å². The van der Waals surface area contributed by atoms with Crippen LogP contribution in [0.25, 0.3) is 44.3 Å². The molecule has 0 amide bonds. The number of aryl methyl sites for hydroxylation is 7. The van der Waals surface area contributed by atoms with Crippen molar-refractivity contribution in [2.24, 2.45) is 14.1 Å². The highest BCUT2D eigenvalue weighted by molar-refractivity contribution is 5.84. The van der Waals surface area contributed by atoms with Crippen LogP contribution in [0.1, 0.15) is 38.9 Å². The van der Waals surface area contributed by atoms with Crippen LogP contribution in [0.4, 0.5) is 27.7 Å². The van der Waals surface area contributed by atoms with E-state index in [4.69, 9.17) is 39.2 Å². The van der Waals surface area contributed by atoms with Crippen molar-refractivity contribution in [2.45, 2.75) is 34.6 Å². The third kappa shape index (κ3) is 10.2. The summed E-state index contributed by atoms with van der Waals surface area (Å²) >= 11 is 0. The molecule has 0 atom stereocenters. The molecule has 10 aromatic rings. The Kier molecular flexibility index (Phi) is 13.6. The molecule has 11 rings (SSSR count). The maximum Gasteiger partial charge on any atom is 0.249 e. The zero-order valence-electron chi connectivity index (χ0n) is 43.0. The average Bonchev–Trinajstić information content (AvgIpc) is 4.01. The van der Waals surface area contributed by atoms with E-state index in [0.29, 0.717) is 65.1 Å². The van der Waals surface area contributed by atoms with Gasteiger partial charge in [-0.05, 0) is 188 Å². The van der Waals surface area contributed by atoms with Crippen molar-refractivity contribution in [1.82, 2.24) is 29.1 Å². The first-order valence-electron chi connectivity index (χ1n) is 24.3. The number of ether oxygens (including phenoxy) is 5. The van der Waals surface area contributed by atoms with Crippen molar-refractivity contribution >= 4 is 45.3 Å². The lowest BCUT2D eigenvalue weighted by atomic mass is 9.97. The van der Waals surface area contributed by atoms with Gasteiger partial charge in [0.15, 0.2) is 11.5 Å². The summed E-state index contributed by atoms with van der Waals surface area (Å²) in [6.45, 7) is 10.9. The molecule has 0 aliphatic carbocycles. The summed E-state index contributed by atoms with van der Waals surface area (Å²) in [6, 6.07) is 39.3. The fourth-order valence-electron chi connectivity index (χ4n) is 9.26. The average molecular weight is 1010 g/mol. The monoisotopic (exact) mass is 1010 g/mol. The number of aromatic nitrogens is 6. The van der Waals surface area contributed by atoms with Crippen LogP contribution < -0.4 is 34.3 Å². The molecule has 1 aliphatic rings. The molecule has 15 nitrogen and oxygen atoms in total. The SMILES string of the molecule is COc1c(C)cc(F)cc1-c1cc(C)c(Oc2nc(Nc3ccc(C#N)cc3)nc3ccn(C)c23)c(C)c1.Cc1cc(-c2ccc3c(c2)OCCO3)cc(C)c1Oc1nc(Nc2ccc(C#N)cc2)nc2ccn(C)c12. The second-order valence-corrected chi connectivity index (χ2v) is 18.4. The summed E-state index contributed by atoms with van der Waals surface area (Å²) in [7, 11) is 5.44. The Bertz CT molecular complexity index is 3900. The second-order valence-electron chi connectivity index (χ2n) is 18.4. The standard InChI is InChI=1S/C30H26FN5O2.C30H25N5O3/c1-17-12-21(24-15-22(31)14-19(3)28(24)37-5)13-18(2)27(17)38-29-26-25(10-11-36(26)4)34-30(35-29)33-23-8-6-20(16-32)7-9-23;1-18-14-22(21-6-9-25-26(16-21)37-13-12-36-25)15-19(2)28(18)38-29-27-24(10-11-35(27)3)33-30(34-29)32-23-7-4-20(17-31)5-8-23/h6-15H,1-5H3,(H,33,34,35);4-11,14-16H,12-13H2,1-3H3,(H,32,33,34). The number of benzene rings is 6. The van der Waals surface area contributed by atoms with Crippen molar-refractivity contribution in [3.05, 3.63) is 172 Å². The fourth-order valence-corrected chi connectivity index (χ4v) is 9.26. The highest BCUT2D eigenvalue weighted by Crippen LogP contribution is 2.42. The molecule has 16 heteroatoms. The van der Waals surface area contributed by atoms with Crippen LogP contribution >= 0.6 is 0 Å². The van der Waals surface area contributed by atoms with Crippen LogP contribution in [0.3, 0.4) is 0 Å². The van der Waals surface area contributed by atoms with Gasteiger partial charge in [-0.25, -0.2) is 14.4 Å². The van der Waals surface area contributed by atoms with E-state index in [-0.39, 0.29) is 5.82 Å². The van der Waals surface area contributed by atoms with Gasteiger partial charge in [0.25, 0.3) is 0 Å². The number of nitrogens with one attached hydrogen (secondary N) is 2. The van der Waals surface area contributed by atoms with Crippen LogP contribution in [-0.2, 0) is 14.1 Å². The molecule has 2 N–H and O–H groups in total. The number of nitrogens with zero attached hydrogens (tertiary/aromatic N) is 8. The summed E-state index contributed by atoms with van der Waals surface area (Å²) in [5.41, 5.74) is 13.8. The van der Waals surface area contributed by atoms with Crippen molar-refractivity contribution in [3.8, 4) is 74.9 Å². The molecule has 0 fully saturated rings. The minimum Gasteiger partial charge on any atom is -0.496 e. The quantitative estimate of drug-likeness (QED) is 0.125. The zero-order chi connectivity index (χ0) is 53.2. The molecule has 378 valence electrons. The van der Waals surface area contributed by atoms with Gasteiger partial charge in [-0.1, -0.05) is 6.07 Å². The lowest BCUT2D eigenvalue weighted by Gasteiger charge is -2.19. The topological polar surface area (TPSA) is 179 Å². The summed E-state index contributed by atoms with van der Waals surface area (Å²) in [5, 5.41) is 24.5. The third-order valence-electron chi connectivity index (χ3n) is 12.9. The van der Waals surface area contributed by atoms with Gasteiger partial charge in [-0.3, -0.25) is 0 Å². The van der Waals surface area contributed by atoms with E-state index in [0.717, 1.165) is 95.2 Å². The van der Waals surface area contributed by atoms with E-state index in [2.05, 4.69) is 49.9 Å². The van der Waals surface area contributed by atoms with E-state index in [1.807, 2.05) is 125 Å². The molecular formula is C60H51FN10O5. The maximum absolute atomic E-state index is 14.3. The largest absolute Gasteiger partial charge is 0.496 e. The number of fused-ring (bicyclic) bond motifs is 3. The molecule has 0 radical (unpaired) electrons. The zero-order valence-corrected chi connectivity index (χ0v) is 43.0. The van der Waals surface area contributed by atoms with E-state index in [1.54, 1.807) is 43.5 Å². The third-order valence-corrected chi connectivity index (χ3v) is 12.9. The van der Waals surface area contributed by atoms with Crippen LogP contribution in [0.5, 0.6) is 40.5 Å². The van der Waals surface area contributed by atoms with Gasteiger partial charge < -0.3 is 43.5 Å². The molecule has 0 spiro atoms. The van der Waals surface area contributed by atoms with Gasteiger partial charge in [-0.2, -0.15) is 20.5 Å². The maximum atomic E-state index is 14.3. The molecule has 0 saturated heterocycles. The number of anilines is 4. The first kappa shape index (κ1) is 49.6. The summed E-state index contributed by atoms with van der Waals surface area (Å²) in [4.78, 5) is 18.7. The molecule has 1 aliphatic heterocycles. The predicted octanol–water partition coefficient (Wildman–Crippen LogP) is 13.5. The van der Waals surface area contributed by atoms with Gasteiger partial charge in [-0.15, -0.1) is 0 Å². The Balaban J connectivity index is 0.000000173. The van der Waals surface area contributed by atoms with E-state index >= 15 is 0 Å². The first-order chi connectivity index (χ1) is 36.7. The summed E-state index contributed by atoms with van der Waals surface area (Å²) in [5.74, 6) is 4.90. The molecule has 76 heavy (non-hydrogen) atoms. The van der Waals surface area contributed by atoms with Crippen LogP contribution in [0.15, 0.2) is 128 Å². The smallest absolute Gasteiger partial charge is 0.249 e. The first-order valence-corrected chi connectivity index (χ1v) is 24.3. The highest BCUT2D eigenvalue weighted by atomic mass is 19.1. The number of halogens is 1. The van der Waals surface area contributed by atoms with Crippen LogP contribution in [0, 0.1) is 63.1 Å². The Morgan fingerprint density at radius 3 is 1.46 bits per heavy atom. The van der Waals surface area contributed by atoms with E-state index in [9.17, 15) is 4.39 Å². The predicted molar refractivity (Wildman–Crippen MR) is 291 cm³/mol. The van der Waals surface area contributed by atoms with Crippen molar-refractivity contribution in [2.75, 3.05) is 31.0 Å². The lowest BCUT2D eigenvalue weighted by Crippen LogP contribution is -2.15. The van der Waals surface area contributed by atoms with Gasteiger partial charge in [0.2, 0.25) is 23.7 Å². The number of hydrogen-bond acceptors (Lipinski definition) is 13. The van der Waals surface area contributed by atoms with Gasteiger partial charge in [0, 0.05) is 43.4 Å². The minimum atomic E-state index is -0.316. The second kappa shape index (κ2) is 20.9. The normalized spacial score (nSPS) is 11.6. The van der Waals surface area contributed by atoms with E-state index < -0.39 is 0 Å². The lowest BCUT2D eigenvalue weighted by molar-refractivity contribution is 0.171. The fraction of sp³-hybridized carbons (Fsp3) is 0.167. The molecular weight excluding hydrogens is 960 g/mol. The Labute approximate surface area is 438 Å². The molecule has 0 bridgehead atoms. The number of rotatable bonds is 11. The van der Waals surface area contributed by atoms with Crippen molar-refractivity contribution in [1.29, 1.82) is 10.5 Å².